The molecule has 2 heterocycles. The SMILES string of the molecule is CCC1C(=O)N(c2ccc(NC(=O)c3csc(C4CCC4)n3)cc2Cl)C(=O)N1CC. The third-order valence-electron chi connectivity index (χ3n) is 5.70. The second kappa shape index (κ2) is 8.35. The van der Waals surface area contributed by atoms with Gasteiger partial charge in [-0.15, -0.1) is 11.3 Å². The average Bonchev–Trinajstić information content (AvgIpc) is 3.24. The molecule has 4 rings (SSSR count). The number of nitrogens with one attached hydrogen (secondary N) is 1. The van der Waals surface area contributed by atoms with Gasteiger partial charge in [0.05, 0.1) is 15.7 Å². The number of carbonyl (C=O) groups excluding carboxylic acids is 3. The minimum atomic E-state index is -0.479. The van der Waals surface area contributed by atoms with Crippen molar-refractivity contribution in [3.8, 4) is 0 Å². The number of carbonyl (C=O) groups is 3. The number of thiazole rings is 1. The predicted octanol–water partition coefficient (Wildman–Crippen LogP) is 4.88. The van der Waals surface area contributed by atoms with E-state index in [1.807, 2.05) is 13.8 Å². The Balaban J connectivity index is 1.50. The van der Waals surface area contributed by atoms with Crippen LogP contribution in [-0.4, -0.2) is 40.3 Å². The summed E-state index contributed by atoms with van der Waals surface area (Å²) < 4.78 is 0. The van der Waals surface area contributed by atoms with Gasteiger partial charge in [-0.1, -0.05) is 24.9 Å². The summed E-state index contributed by atoms with van der Waals surface area (Å²) in [6.45, 7) is 4.16. The Bertz CT molecular complexity index is 982. The van der Waals surface area contributed by atoms with Crippen molar-refractivity contribution in [2.24, 2.45) is 0 Å². The predicted molar refractivity (Wildman–Crippen MR) is 117 cm³/mol. The Morgan fingerprint density at radius 1 is 1.30 bits per heavy atom. The standard InChI is InChI=1S/C21H23ClN4O3S/c1-3-16-20(28)26(21(29)25(16)4-2)17-9-8-13(10-14(17)22)23-18(27)15-11-30-19(24-15)12-6-5-7-12/h8-12,16H,3-7H2,1-2H3,(H,23,27). The highest BCUT2D eigenvalue weighted by atomic mass is 35.5. The number of anilines is 2. The molecule has 7 nitrogen and oxygen atoms in total. The zero-order valence-electron chi connectivity index (χ0n) is 16.9. The van der Waals surface area contributed by atoms with E-state index < -0.39 is 6.04 Å². The Labute approximate surface area is 184 Å². The van der Waals surface area contributed by atoms with E-state index in [0.29, 0.717) is 36.0 Å². The molecule has 1 saturated carbocycles. The molecule has 0 bridgehead atoms. The first-order valence-corrected chi connectivity index (χ1v) is 11.4. The van der Waals surface area contributed by atoms with Crippen molar-refractivity contribution in [2.75, 3.05) is 16.8 Å². The number of amides is 4. The van der Waals surface area contributed by atoms with Crippen LogP contribution in [0.25, 0.3) is 0 Å². The monoisotopic (exact) mass is 446 g/mol. The Hall–Kier alpha value is -2.45. The maximum atomic E-state index is 12.7. The summed E-state index contributed by atoms with van der Waals surface area (Å²) in [6, 6.07) is 3.91. The van der Waals surface area contributed by atoms with Crippen molar-refractivity contribution in [3.63, 3.8) is 0 Å². The average molecular weight is 447 g/mol. The minimum absolute atomic E-state index is 0.218. The number of nitrogens with zero attached hydrogens (tertiary/aromatic N) is 3. The van der Waals surface area contributed by atoms with Crippen molar-refractivity contribution in [1.82, 2.24) is 9.88 Å². The fraction of sp³-hybridized carbons (Fsp3) is 0.429. The highest BCUT2D eigenvalue weighted by Crippen LogP contribution is 2.38. The molecule has 2 aliphatic rings. The molecule has 1 N–H and O–H groups in total. The van der Waals surface area contributed by atoms with E-state index in [-0.39, 0.29) is 22.9 Å². The fourth-order valence-corrected chi connectivity index (χ4v) is 5.04. The first kappa shape index (κ1) is 20.8. The maximum Gasteiger partial charge on any atom is 0.332 e. The van der Waals surface area contributed by atoms with Gasteiger partial charge >= 0.3 is 6.03 Å². The molecule has 4 amide bonds. The molecule has 30 heavy (non-hydrogen) atoms. The van der Waals surface area contributed by atoms with Gasteiger partial charge in [-0.05, 0) is 44.4 Å². The van der Waals surface area contributed by atoms with E-state index in [4.69, 9.17) is 11.6 Å². The summed E-state index contributed by atoms with van der Waals surface area (Å²) >= 11 is 7.91. The van der Waals surface area contributed by atoms with Gasteiger partial charge in [0.2, 0.25) is 0 Å². The number of benzene rings is 1. The van der Waals surface area contributed by atoms with Crippen LogP contribution in [0.4, 0.5) is 16.2 Å². The Morgan fingerprint density at radius 2 is 2.07 bits per heavy atom. The molecule has 1 aromatic carbocycles. The van der Waals surface area contributed by atoms with E-state index >= 15 is 0 Å². The lowest BCUT2D eigenvalue weighted by atomic mass is 9.86. The molecule has 1 unspecified atom stereocenters. The molecular formula is C21H23ClN4O3S. The fourth-order valence-electron chi connectivity index (χ4n) is 3.81. The van der Waals surface area contributed by atoms with Crippen molar-refractivity contribution in [1.29, 1.82) is 0 Å². The van der Waals surface area contributed by atoms with E-state index in [1.165, 1.54) is 22.7 Å². The molecule has 1 atom stereocenters. The Morgan fingerprint density at radius 3 is 2.63 bits per heavy atom. The van der Waals surface area contributed by atoms with Gasteiger partial charge in [-0.3, -0.25) is 9.59 Å². The van der Waals surface area contributed by atoms with Crippen LogP contribution in [0, 0.1) is 0 Å². The van der Waals surface area contributed by atoms with Crippen molar-refractivity contribution in [2.45, 2.75) is 51.5 Å². The van der Waals surface area contributed by atoms with Crippen LogP contribution >= 0.6 is 22.9 Å². The normalized spacial score (nSPS) is 19.4. The lowest BCUT2D eigenvalue weighted by Crippen LogP contribution is -2.34. The zero-order chi connectivity index (χ0) is 21.4. The van der Waals surface area contributed by atoms with E-state index in [2.05, 4.69) is 10.3 Å². The van der Waals surface area contributed by atoms with Gasteiger partial charge < -0.3 is 10.2 Å². The van der Waals surface area contributed by atoms with Crippen LogP contribution in [0.3, 0.4) is 0 Å². The molecule has 1 aliphatic heterocycles. The van der Waals surface area contributed by atoms with E-state index in [0.717, 1.165) is 22.7 Å². The lowest BCUT2D eigenvalue weighted by Gasteiger charge is -2.22. The minimum Gasteiger partial charge on any atom is -0.321 e. The summed E-state index contributed by atoms with van der Waals surface area (Å²) in [4.78, 5) is 45.1. The van der Waals surface area contributed by atoms with Crippen LogP contribution in [-0.2, 0) is 4.79 Å². The third-order valence-corrected chi connectivity index (χ3v) is 7.01. The summed E-state index contributed by atoms with van der Waals surface area (Å²) in [6.07, 6.45) is 4.02. The van der Waals surface area contributed by atoms with Gasteiger partial charge in [0, 0.05) is 23.5 Å². The number of likely N-dealkylation sites (N-methyl/N-ethyl adjacent to an activating group) is 1. The molecule has 9 heteroatoms. The summed E-state index contributed by atoms with van der Waals surface area (Å²) in [5.74, 6) is -0.110. The molecule has 158 valence electrons. The first-order valence-electron chi connectivity index (χ1n) is 10.2. The van der Waals surface area contributed by atoms with Crippen LogP contribution < -0.4 is 10.2 Å². The first-order chi connectivity index (χ1) is 14.4. The van der Waals surface area contributed by atoms with Crippen molar-refractivity contribution >= 4 is 52.2 Å². The quantitative estimate of drug-likeness (QED) is 0.641. The molecule has 1 aliphatic carbocycles. The number of aromatic nitrogens is 1. The molecular weight excluding hydrogens is 424 g/mol. The van der Waals surface area contributed by atoms with Gasteiger partial charge in [-0.2, -0.15) is 0 Å². The number of hydrogen-bond donors (Lipinski definition) is 1. The second-order valence-electron chi connectivity index (χ2n) is 7.49. The summed E-state index contributed by atoms with van der Waals surface area (Å²) in [5, 5.41) is 5.79. The largest absolute Gasteiger partial charge is 0.332 e. The zero-order valence-corrected chi connectivity index (χ0v) is 18.4. The number of urea groups is 1. The molecule has 2 aromatic rings. The molecule has 0 spiro atoms. The van der Waals surface area contributed by atoms with Crippen LogP contribution in [0.15, 0.2) is 23.6 Å². The van der Waals surface area contributed by atoms with Gasteiger partial charge in [0.15, 0.2) is 0 Å². The van der Waals surface area contributed by atoms with E-state index in [9.17, 15) is 14.4 Å². The van der Waals surface area contributed by atoms with Gasteiger partial charge in [0.25, 0.3) is 11.8 Å². The molecule has 0 radical (unpaired) electrons. The van der Waals surface area contributed by atoms with Crippen LogP contribution in [0.5, 0.6) is 0 Å². The van der Waals surface area contributed by atoms with Crippen LogP contribution in [0.1, 0.15) is 60.9 Å². The smallest absolute Gasteiger partial charge is 0.321 e. The van der Waals surface area contributed by atoms with Gasteiger partial charge in [-0.25, -0.2) is 14.7 Å². The number of rotatable bonds is 6. The van der Waals surface area contributed by atoms with E-state index in [1.54, 1.807) is 23.6 Å². The number of halogens is 1. The second-order valence-corrected chi connectivity index (χ2v) is 8.78. The van der Waals surface area contributed by atoms with Gasteiger partial charge in [0.1, 0.15) is 11.7 Å². The molecule has 1 saturated heterocycles. The van der Waals surface area contributed by atoms with Crippen molar-refractivity contribution < 1.29 is 14.4 Å². The number of hydrogen-bond acceptors (Lipinski definition) is 5. The highest BCUT2D eigenvalue weighted by molar-refractivity contribution is 7.10. The molecule has 2 fully saturated rings. The van der Waals surface area contributed by atoms with Crippen molar-refractivity contribution in [3.05, 3.63) is 39.3 Å². The third kappa shape index (κ3) is 3.58. The summed E-state index contributed by atoms with van der Waals surface area (Å²) in [7, 11) is 0. The number of imide groups is 1. The highest BCUT2D eigenvalue weighted by Gasteiger charge is 2.44. The summed E-state index contributed by atoms with van der Waals surface area (Å²) in [5.41, 5.74) is 1.18. The topological polar surface area (TPSA) is 82.6 Å². The maximum absolute atomic E-state index is 12.7. The van der Waals surface area contributed by atoms with Crippen LogP contribution in [0.2, 0.25) is 5.02 Å². The molecule has 1 aromatic heterocycles. The Kier molecular flexibility index (Phi) is 5.79. The lowest BCUT2D eigenvalue weighted by molar-refractivity contribution is -0.119.